The number of Topliss-reactive ketones (excluding diaryl/α,β-unsaturated/α-hetero) is 1. The van der Waals surface area contributed by atoms with E-state index in [9.17, 15) is 19.7 Å². The highest BCUT2D eigenvalue weighted by Crippen LogP contribution is 2.22. The van der Waals surface area contributed by atoms with E-state index < -0.39 is 17.5 Å². The van der Waals surface area contributed by atoms with Gasteiger partial charge in [-0.05, 0) is 24.6 Å². The first-order chi connectivity index (χ1) is 10.9. The molecule has 2 aromatic carbocycles. The monoisotopic (exact) mass is 377 g/mol. The number of aryl methyl sites for hydroxylation is 1. The van der Waals surface area contributed by atoms with Gasteiger partial charge in [-0.1, -0.05) is 40.2 Å². The van der Waals surface area contributed by atoms with Crippen LogP contribution in [0.15, 0.2) is 46.9 Å². The normalized spacial score (nSPS) is 10.2. The van der Waals surface area contributed by atoms with Crippen LogP contribution in [0.1, 0.15) is 26.3 Å². The molecule has 0 N–H and O–H groups in total. The van der Waals surface area contributed by atoms with Crippen LogP contribution in [0, 0.1) is 17.0 Å². The molecule has 118 valence electrons. The minimum atomic E-state index is -0.889. The fourth-order valence-corrected chi connectivity index (χ4v) is 2.26. The Kier molecular flexibility index (Phi) is 5.23. The van der Waals surface area contributed by atoms with E-state index in [0.29, 0.717) is 11.1 Å². The zero-order chi connectivity index (χ0) is 17.0. The van der Waals surface area contributed by atoms with Crippen LogP contribution in [0.3, 0.4) is 0 Å². The van der Waals surface area contributed by atoms with Gasteiger partial charge in [0.2, 0.25) is 0 Å². The van der Waals surface area contributed by atoms with E-state index in [1.165, 1.54) is 12.1 Å². The number of ether oxygens (including phenoxy) is 1. The van der Waals surface area contributed by atoms with Crippen LogP contribution >= 0.6 is 15.9 Å². The lowest BCUT2D eigenvalue weighted by Gasteiger charge is -2.07. The minimum absolute atomic E-state index is 0.138. The quantitative estimate of drug-likeness (QED) is 0.343. The fourth-order valence-electron chi connectivity index (χ4n) is 1.99. The van der Waals surface area contributed by atoms with E-state index in [4.69, 9.17) is 4.74 Å². The maximum atomic E-state index is 12.1. The largest absolute Gasteiger partial charge is 0.453 e. The molecule has 0 aliphatic rings. The first-order valence-corrected chi connectivity index (χ1v) is 7.39. The lowest BCUT2D eigenvalue weighted by Crippen LogP contribution is -2.16. The molecule has 0 saturated carbocycles. The standard InChI is InChI=1S/C16H12BrNO5/c1-10-3-2-4-13(18(21)22)15(10)16(20)23-9-14(19)11-5-7-12(17)8-6-11/h2-8H,9H2,1H3. The number of nitro groups is 1. The van der Waals surface area contributed by atoms with Crippen molar-refractivity contribution in [3.05, 3.63) is 73.7 Å². The molecular formula is C16H12BrNO5. The van der Waals surface area contributed by atoms with Crippen LogP contribution in [0.5, 0.6) is 0 Å². The van der Waals surface area contributed by atoms with Gasteiger partial charge in [0.05, 0.1) is 4.92 Å². The molecular weight excluding hydrogens is 366 g/mol. The van der Waals surface area contributed by atoms with Gasteiger partial charge in [0.25, 0.3) is 5.69 Å². The zero-order valence-corrected chi connectivity index (χ0v) is 13.7. The third-order valence-corrected chi connectivity index (χ3v) is 3.68. The van der Waals surface area contributed by atoms with Crippen molar-refractivity contribution >= 4 is 33.4 Å². The predicted molar refractivity (Wildman–Crippen MR) is 86.6 cm³/mol. The summed E-state index contributed by atoms with van der Waals surface area (Å²) in [4.78, 5) is 34.4. The number of carbonyl (C=O) groups excluding carboxylic acids is 2. The van der Waals surface area contributed by atoms with E-state index in [0.717, 1.165) is 4.47 Å². The van der Waals surface area contributed by atoms with Crippen LogP contribution < -0.4 is 0 Å². The molecule has 23 heavy (non-hydrogen) atoms. The zero-order valence-electron chi connectivity index (χ0n) is 12.1. The van der Waals surface area contributed by atoms with Crippen molar-refractivity contribution in [2.24, 2.45) is 0 Å². The molecule has 0 amide bonds. The second-order valence-corrected chi connectivity index (χ2v) is 5.65. The van der Waals surface area contributed by atoms with Gasteiger partial charge in [-0.25, -0.2) is 4.79 Å². The van der Waals surface area contributed by atoms with E-state index in [1.807, 2.05) is 0 Å². The summed E-state index contributed by atoms with van der Waals surface area (Å²) in [6, 6.07) is 10.9. The van der Waals surface area contributed by atoms with E-state index in [-0.39, 0.29) is 17.0 Å². The van der Waals surface area contributed by atoms with Crippen molar-refractivity contribution in [2.45, 2.75) is 6.92 Å². The summed E-state index contributed by atoms with van der Waals surface area (Å²) >= 11 is 3.26. The topological polar surface area (TPSA) is 86.5 Å². The highest BCUT2D eigenvalue weighted by molar-refractivity contribution is 9.10. The minimum Gasteiger partial charge on any atom is -0.453 e. The number of nitro benzene ring substituents is 1. The van der Waals surface area contributed by atoms with Crippen molar-refractivity contribution in [1.29, 1.82) is 0 Å². The number of hydrogen-bond donors (Lipinski definition) is 0. The molecule has 0 aliphatic carbocycles. The molecule has 0 bridgehead atoms. The Hall–Kier alpha value is -2.54. The van der Waals surface area contributed by atoms with E-state index >= 15 is 0 Å². The number of carbonyl (C=O) groups is 2. The second kappa shape index (κ2) is 7.15. The Morgan fingerprint density at radius 1 is 1.17 bits per heavy atom. The first-order valence-electron chi connectivity index (χ1n) is 6.60. The molecule has 0 radical (unpaired) electrons. The van der Waals surface area contributed by atoms with Crippen molar-refractivity contribution in [1.82, 2.24) is 0 Å². The third kappa shape index (κ3) is 4.01. The van der Waals surface area contributed by atoms with Crippen molar-refractivity contribution in [3.8, 4) is 0 Å². The molecule has 0 aromatic heterocycles. The molecule has 0 saturated heterocycles. The maximum Gasteiger partial charge on any atom is 0.345 e. The third-order valence-electron chi connectivity index (χ3n) is 3.15. The number of rotatable bonds is 5. The Morgan fingerprint density at radius 3 is 2.43 bits per heavy atom. The SMILES string of the molecule is Cc1cccc([N+](=O)[O-])c1C(=O)OCC(=O)c1ccc(Br)cc1. The van der Waals surface area contributed by atoms with Gasteiger partial charge < -0.3 is 4.74 Å². The smallest absolute Gasteiger partial charge is 0.345 e. The average molecular weight is 378 g/mol. The Labute approximate surface area is 140 Å². The average Bonchev–Trinajstić information content (AvgIpc) is 2.52. The lowest BCUT2D eigenvalue weighted by molar-refractivity contribution is -0.385. The van der Waals surface area contributed by atoms with Crippen LogP contribution in [-0.2, 0) is 4.74 Å². The van der Waals surface area contributed by atoms with Crippen molar-refractivity contribution < 1.29 is 19.2 Å². The molecule has 0 aliphatic heterocycles. The first kappa shape index (κ1) is 16.8. The van der Waals surface area contributed by atoms with E-state index in [1.54, 1.807) is 37.3 Å². The van der Waals surface area contributed by atoms with Crippen LogP contribution in [0.2, 0.25) is 0 Å². The van der Waals surface area contributed by atoms with Crippen LogP contribution in [0.4, 0.5) is 5.69 Å². The molecule has 0 fully saturated rings. The maximum absolute atomic E-state index is 12.1. The van der Waals surface area contributed by atoms with Crippen LogP contribution in [0.25, 0.3) is 0 Å². The van der Waals surface area contributed by atoms with Gasteiger partial charge >= 0.3 is 5.97 Å². The van der Waals surface area contributed by atoms with Gasteiger partial charge in [-0.3, -0.25) is 14.9 Å². The van der Waals surface area contributed by atoms with Gasteiger partial charge in [0, 0.05) is 16.1 Å². The lowest BCUT2D eigenvalue weighted by atomic mass is 10.1. The molecule has 0 spiro atoms. The molecule has 0 heterocycles. The van der Waals surface area contributed by atoms with Gasteiger partial charge in [-0.15, -0.1) is 0 Å². The molecule has 2 aromatic rings. The summed E-state index contributed by atoms with van der Waals surface area (Å²) in [5.41, 5.74) is 0.327. The Balaban J connectivity index is 2.13. The number of ketones is 1. The summed E-state index contributed by atoms with van der Waals surface area (Å²) < 4.78 is 5.76. The number of benzene rings is 2. The summed E-state index contributed by atoms with van der Waals surface area (Å²) in [6.07, 6.45) is 0. The highest BCUT2D eigenvalue weighted by Gasteiger charge is 2.24. The fraction of sp³-hybridized carbons (Fsp3) is 0.125. The van der Waals surface area contributed by atoms with Crippen LogP contribution in [-0.4, -0.2) is 23.3 Å². The molecule has 2 rings (SSSR count). The Bertz CT molecular complexity index is 771. The summed E-state index contributed by atoms with van der Waals surface area (Å²) in [5, 5.41) is 11.0. The number of esters is 1. The van der Waals surface area contributed by atoms with Gasteiger partial charge in [-0.2, -0.15) is 0 Å². The Morgan fingerprint density at radius 2 is 1.83 bits per heavy atom. The van der Waals surface area contributed by atoms with E-state index in [2.05, 4.69) is 15.9 Å². The van der Waals surface area contributed by atoms with Crippen molar-refractivity contribution in [3.63, 3.8) is 0 Å². The number of hydrogen-bond acceptors (Lipinski definition) is 5. The summed E-state index contributed by atoms with van der Waals surface area (Å²) in [5.74, 6) is -1.28. The molecule has 0 unspecified atom stereocenters. The predicted octanol–water partition coefficient (Wildman–Crippen LogP) is 3.71. The molecule has 7 heteroatoms. The highest BCUT2D eigenvalue weighted by atomic mass is 79.9. The van der Waals surface area contributed by atoms with Crippen molar-refractivity contribution in [2.75, 3.05) is 6.61 Å². The molecule has 0 atom stereocenters. The van der Waals surface area contributed by atoms with Gasteiger partial charge in [0.1, 0.15) is 5.56 Å². The molecule has 6 nitrogen and oxygen atoms in total. The van der Waals surface area contributed by atoms with Gasteiger partial charge in [0.15, 0.2) is 12.4 Å². The second-order valence-electron chi connectivity index (χ2n) is 4.73. The summed E-state index contributed by atoms with van der Waals surface area (Å²) in [6.45, 7) is 1.09. The summed E-state index contributed by atoms with van der Waals surface area (Å²) in [7, 11) is 0. The number of nitrogens with zero attached hydrogens (tertiary/aromatic N) is 1. The number of halogens is 1.